The zero-order valence-corrected chi connectivity index (χ0v) is 20.6. The number of nitrogen functional groups attached to an aromatic ring is 1. The van der Waals surface area contributed by atoms with E-state index in [4.69, 9.17) is 10.5 Å². The summed E-state index contributed by atoms with van der Waals surface area (Å²) in [4.78, 5) is 10.6. The number of hydrogen-bond donors (Lipinski definition) is 1. The van der Waals surface area contributed by atoms with E-state index >= 15 is 0 Å². The maximum absolute atomic E-state index is 13.7. The predicted octanol–water partition coefficient (Wildman–Crippen LogP) is 5.63. The zero-order valence-electron chi connectivity index (χ0n) is 20.6. The molecule has 0 atom stereocenters. The Labute approximate surface area is 216 Å². The van der Waals surface area contributed by atoms with Gasteiger partial charge in [-0.3, -0.25) is 4.90 Å². The molecule has 6 nitrogen and oxygen atoms in total. The average Bonchev–Trinajstić information content (AvgIpc) is 3.22. The lowest BCUT2D eigenvalue weighted by Crippen LogP contribution is -2.79. The molecule has 7 rings (SSSR count). The first-order valence-corrected chi connectivity index (χ1v) is 12.7. The number of pyridine rings is 1. The van der Waals surface area contributed by atoms with Crippen LogP contribution in [0.5, 0.6) is 0 Å². The van der Waals surface area contributed by atoms with Crippen molar-refractivity contribution in [2.24, 2.45) is 0 Å². The largest absolute Gasteiger partial charge is 0.419 e. The second-order valence-corrected chi connectivity index (χ2v) is 10.9. The van der Waals surface area contributed by atoms with Crippen LogP contribution in [0, 0.1) is 0 Å². The van der Waals surface area contributed by atoms with E-state index in [0.717, 1.165) is 30.9 Å². The Morgan fingerprint density at radius 2 is 1.66 bits per heavy atom. The van der Waals surface area contributed by atoms with Crippen molar-refractivity contribution >= 4 is 5.82 Å². The Morgan fingerprint density at radius 3 is 2.32 bits per heavy atom. The molecule has 1 aromatic carbocycles. The monoisotopic (exact) mass is 533 g/mol. The molecule has 3 aromatic rings. The van der Waals surface area contributed by atoms with Crippen molar-refractivity contribution in [2.45, 2.75) is 68.5 Å². The molecule has 0 unspecified atom stereocenters. The molecule has 3 saturated carbocycles. The molecule has 2 aromatic heterocycles. The minimum Gasteiger partial charge on any atom is -0.383 e. The number of benzene rings is 1. The molecule has 11 heteroatoms. The van der Waals surface area contributed by atoms with Crippen LogP contribution in [-0.2, 0) is 29.7 Å². The molecule has 0 amide bonds. The smallest absolute Gasteiger partial charge is 0.383 e. The van der Waals surface area contributed by atoms with E-state index in [2.05, 4.69) is 14.9 Å². The standard InChI is InChI=1S/C27H28F5N5O/c28-26(29)6-8-36(9-7-26)24-15-25(16-24,17-24)37-12-21(19-10-20(27(30,31)32)23(33)34-11-19)35-22(37)14-38-13-18-4-2-1-3-5-18/h1-5,10-12H,6-9,13-17H2,(H2,33,34). The lowest BCUT2D eigenvalue weighted by atomic mass is 9.43. The number of nitrogens with two attached hydrogens (primary N) is 1. The molecule has 1 aliphatic heterocycles. The fraction of sp³-hybridized carbons (Fsp3) is 0.481. The summed E-state index contributed by atoms with van der Waals surface area (Å²) in [7, 11) is 0. The first kappa shape index (κ1) is 25.2. The van der Waals surface area contributed by atoms with E-state index in [1.807, 2.05) is 34.9 Å². The third-order valence-electron chi connectivity index (χ3n) is 8.29. The zero-order chi connectivity index (χ0) is 26.8. The van der Waals surface area contributed by atoms with Crippen molar-refractivity contribution < 1.29 is 26.7 Å². The minimum absolute atomic E-state index is 0.0880. The summed E-state index contributed by atoms with van der Waals surface area (Å²) in [5.74, 6) is -2.57. The second-order valence-electron chi connectivity index (χ2n) is 10.9. The number of piperidine rings is 1. The molecule has 2 N–H and O–H groups in total. The number of hydrogen-bond acceptors (Lipinski definition) is 5. The summed E-state index contributed by atoms with van der Waals surface area (Å²) in [6.07, 6.45) is 0.555. The first-order chi connectivity index (χ1) is 18.0. The Hall–Kier alpha value is -3.05. The van der Waals surface area contributed by atoms with Gasteiger partial charge in [0.05, 0.1) is 23.4 Å². The third-order valence-corrected chi connectivity index (χ3v) is 8.29. The van der Waals surface area contributed by atoms with Gasteiger partial charge in [0.2, 0.25) is 0 Å². The predicted molar refractivity (Wildman–Crippen MR) is 130 cm³/mol. The summed E-state index contributed by atoms with van der Waals surface area (Å²) in [5, 5.41) is 0. The van der Waals surface area contributed by atoms with Crippen LogP contribution in [0.2, 0.25) is 0 Å². The number of halogens is 5. The van der Waals surface area contributed by atoms with Crippen molar-refractivity contribution in [2.75, 3.05) is 18.8 Å². The maximum Gasteiger partial charge on any atom is 0.419 e. The van der Waals surface area contributed by atoms with Crippen molar-refractivity contribution in [1.29, 1.82) is 0 Å². The Bertz CT molecular complexity index is 1310. The molecular formula is C27H28F5N5O. The lowest BCUT2D eigenvalue weighted by molar-refractivity contribution is -0.224. The van der Waals surface area contributed by atoms with Gasteiger partial charge in [-0.1, -0.05) is 30.3 Å². The van der Waals surface area contributed by atoms with Crippen molar-refractivity contribution in [1.82, 2.24) is 19.4 Å². The summed E-state index contributed by atoms with van der Waals surface area (Å²) in [5.41, 5.74) is 5.73. The average molecular weight is 534 g/mol. The fourth-order valence-corrected chi connectivity index (χ4v) is 6.33. The number of ether oxygens (including phenoxy) is 1. The molecule has 38 heavy (non-hydrogen) atoms. The van der Waals surface area contributed by atoms with Gasteiger partial charge in [-0.15, -0.1) is 0 Å². The van der Waals surface area contributed by atoms with Crippen LogP contribution in [0.1, 0.15) is 49.1 Å². The number of imidazole rings is 1. The van der Waals surface area contributed by atoms with Crippen LogP contribution in [0.25, 0.3) is 11.3 Å². The van der Waals surface area contributed by atoms with Gasteiger partial charge in [-0.05, 0) is 30.9 Å². The molecule has 4 fully saturated rings. The van der Waals surface area contributed by atoms with Crippen LogP contribution >= 0.6 is 0 Å². The van der Waals surface area contributed by atoms with Crippen molar-refractivity contribution in [3.05, 3.63) is 65.7 Å². The highest BCUT2D eigenvalue weighted by atomic mass is 19.4. The van der Waals surface area contributed by atoms with Gasteiger partial charge in [0.15, 0.2) is 0 Å². The number of nitrogens with zero attached hydrogens (tertiary/aromatic N) is 4. The molecule has 3 heterocycles. The summed E-state index contributed by atoms with van der Waals surface area (Å²) >= 11 is 0. The van der Waals surface area contributed by atoms with E-state index in [0.29, 0.717) is 31.2 Å². The molecule has 202 valence electrons. The molecule has 4 aliphatic rings. The van der Waals surface area contributed by atoms with Gasteiger partial charge in [0.1, 0.15) is 18.2 Å². The van der Waals surface area contributed by atoms with Gasteiger partial charge < -0.3 is 15.0 Å². The van der Waals surface area contributed by atoms with Crippen molar-refractivity contribution in [3.63, 3.8) is 0 Å². The fourth-order valence-electron chi connectivity index (χ4n) is 6.33. The number of rotatable bonds is 7. The molecule has 3 aliphatic carbocycles. The Kier molecular flexibility index (Phi) is 5.80. The molecule has 2 bridgehead atoms. The summed E-state index contributed by atoms with van der Waals surface area (Å²) in [6.45, 7) is 1.29. The quantitative estimate of drug-likeness (QED) is 0.399. The number of likely N-dealkylation sites (tertiary alicyclic amines) is 1. The van der Waals surface area contributed by atoms with E-state index in [1.54, 1.807) is 6.20 Å². The molecule has 0 radical (unpaired) electrons. The molecule has 0 spiro atoms. The van der Waals surface area contributed by atoms with Crippen LogP contribution in [0.15, 0.2) is 48.8 Å². The lowest BCUT2D eigenvalue weighted by Gasteiger charge is -2.74. The van der Waals surface area contributed by atoms with Crippen LogP contribution in [-0.4, -0.2) is 44.0 Å². The first-order valence-electron chi connectivity index (χ1n) is 12.7. The van der Waals surface area contributed by atoms with Gasteiger partial charge in [0, 0.05) is 49.4 Å². The van der Waals surface area contributed by atoms with Crippen LogP contribution < -0.4 is 5.73 Å². The molecular weight excluding hydrogens is 505 g/mol. The summed E-state index contributed by atoms with van der Waals surface area (Å²) in [6, 6.07) is 10.6. The highest BCUT2D eigenvalue weighted by Gasteiger charge is 2.71. The third kappa shape index (κ3) is 4.35. The normalized spacial score (nSPS) is 26.6. The number of alkyl halides is 5. The molecule has 1 saturated heterocycles. The second kappa shape index (κ2) is 8.74. The summed E-state index contributed by atoms with van der Waals surface area (Å²) < 4.78 is 75.7. The topological polar surface area (TPSA) is 69.2 Å². The van der Waals surface area contributed by atoms with E-state index in [9.17, 15) is 22.0 Å². The SMILES string of the molecule is Nc1ncc(-c2cn(C34CC(N5CCC(F)(F)CC5)(C3)C4)c(COCc3ccccc3)n2)cc1C(F)(F)F. The maximum atomic E-state index is 13.7. The van der Waals surface area contributed by atoms with Crippen LogP contribution in [0.3, 0.4) is 0 Å². The van der Waals surface area contributed by atoms with E-state index in [1.165, 1.54) is 6.20 Å². The van der Waals surface area contributed by atoms with Gasteiger partial charge in [-0.25, -0.2) is 18.7 Å². The highest BCUT2D eigenvalue weighted by Crippen LogP contribution is 2.68. The van der Waals surface area contributed by atoms with E-state index in [-0.39, 0.29) is 36.1 Å². The number of aromatic nitrogens is 3. The minimum atomic E-state index is -4.64. The van der Waals surface area contributed by atoms with Gasteiger partial charge >= 0.3 is 6.18 Å². The van der Waals surface area contributed by atoms with Crippen LogP contribution in [0.4, 0.5) is 27.8 Å². The number of anilines is 1. The van der Waals surface area contributed by atoms with Gasteiger partial charge in [0.25, 0.3) is 5.92 Å². The Morgan fingerprint density at radius 1 is 0.974 bits per heavy atom. The van der Waals surface area contributed by atoms with Gasteiger partial charge in [-0.2, -0.15) is 13.2 Å². The highest BCUT2D eigenvalue weighted by molar-refractivity contribution is 5.62. The van der Waals surface area contributed by atoms with E-state index < -0.39 is 23.5 Å². The Balaban J connectivity index is 1.25. The van der Waals surface area contributed by atoms with Crippen molar-refractivity contribution in [3.8, 4) is 11.3 Å².